The van der Waals surface area contributed by atoms with Gasteiger partial charge in [0.05, 0.1) is 30.0 Å². The first-order valence-electron chi connectivity index (χ1n) is 13.1. The monoisotopic (exact) mass is 491 g/mol. The van der Waals surface area contributed by atoms with E-state index in [2.05, 4.69) is 5.32 Å². The molecule has 1 saturated heterocycles. The summed E-state index contributed by atoms with van der Waals surface area (Å²) in [6.07, 6.45) is 14.3. The number of carbonyl (C=O) groups excluding carboxylic acids is 2. The molecule has 7 heteroatoms. The zero-order valence-corrected chi connectivity index (χ0v) is 22.0. The summed E-state index contributed by atoms with van der Waals surface area (Å²) >= 11 is 0. The molecule has 0 saturated carbocycles. The minimum absolute atomic E-state index is 0.0175. The highest BCUT2D eigenvalue weighted by Gasteiger charge is 2.47. The van der Waals surface area contributed by atoms with Gasteiger partial charge in [-0.25, -0.2) is 0 Å². The zero-order chi connectivity index (χ0) is 26.0. The van der Waals surface area contributed by atoms with E-state index >= 15 is 0 Å². The van der Waals surface area contributed by atoms with Crippen molar-refractivity contribution in [3.8, 4) is 0 Å². The maximum atomic E-state index is 12.4. The molecule has 1 fully saturated rings. The fourth-order valence-electron chi connectivity index (χ4n) is 4.58. The first-order chi connectivity index (χ1) is 16.5. The summed E-state index contributed by atoms with van der Waals surface area (Å²) in [7, 11) is 0. The second kappa shape index (κ2) is 14.0. The van der Waals surface area contributed by atoms with Crippen LogP contribution in [0.4, 0.5) is 0 Å². The molecule has 0 radical (unpaired) electrons. The molecule has 35 heavy (non-hydrogen) atoms. The molecule has 0 aromatic heterocycles. The number of amides is 1. The number of aliphatic hydroxyl groups is 2. The van der Waals surface area contributed by atoms with Crippen molar-refractivity contribution < 1.29 is 29.3 Å². The summed E-state index contributed by atoms with van der Waals surface area (Å²) in [6, 6.07) is -0.182. The minimum atomic E-state index is -1.04. The summed E-state index contributed by atoms with van der Waals surface area (Å²) in [5.41, 5.74) is -0.0728. The number of allylic oxidation sites excluding steroid dienone is 2. The van der Waals surface area contributed by atoms with E-state index in [0.29, 0.717) is 25.7 Å². The van der Waals surface area contributed by atoms with Gasteiger partial charge >= 0.3 is 5.97 Å². The molecule has 1 amide bonds. The molecule has 0 aromatic rings. The molecule has 2 aliphatic rings. The van der Waals surface area contributed by atoms with Gasteiger partial charge in [0.2, 0.25) is 5.91 Å². The van der Waals surface area contributed by atoms with Gasteiger partial charge in [0.15, 0.2) is 0 Å². The third-order valence-electron chi connectivity index (χ3n) is 6.91. The second-order valence-electron chi connectivity index (χ2n) is 10.3. The quantitative estimate of drug-likeness (QED) is 0.194. The van der Waals surface area contributed by atoms with Crippen LogP contribution in [0.1, 0.15) is 86.0 Å². The van der Waals surface area contributed by atoms with E-state index in [4.69, 9.17) is 9.47 Å². The number of epoxide rings is 1. The van der Waals surface area contributed by atoms with E-state index in [0.717, 1.165) is 31.3 Å². The Morgan fingerprint density at radius 1 is 1.34 bits per heavy atom. The van der Waals surface area contributed by atoms with E-state index in [1.54, 1.807) is 13.0 Å². The van der Waals surface area contributed by atoms with Crippen molar-refractivity contribution in [2.24, 2.45) is 5.92 Å². The van der Waals surface area contributed by atoms with Crippen LogP contribution in [0.2, 0.25) is 0 Å². The van der Waals surface area contributed by atoms with Crippen LogP contribution >= 0.6 is 0 Å². The van der Waals surface area contributed by atoms with Crippen LogP contribution in [0.15, 0.2) is 36.0 Å². The van der Waals surface area contributed by atoms with Crippen molar-refractivity contribution in [1.82, 2.24) is 5.32 Å². The summed E-state index contributed by atoms with van der Waals surface area (Å²) in [5, 5.41) is 24.0. The zero-order valence-electron chi connectivity index (χ0n) is 22.0. The first kappa shape index (κ1) is 29.3. The molecule has 0 aliphatic carbocycles. The van der Waals surface area contributed by atoms with Gasteiger partial charge in [-0.2, -0.15) is 0 Å². The number of nitrogens with one attached hydrogen (secondary N) is 1. The molecule has 7 unspecified atom stereocenters. The highest BCUT2D eigenvalue weighted by molar-refractivity contribution is 5.76. The predicted octanol–water partition coefficient (Wildman–Crippen LogP) is 4.13. The Hall–Kier alpha value is -1.96. The minimum Gasteiger partial charge on any atom is -0.458 e. The lowest BCUT2D eigenvalue weighted by atomic mass is 9.91. The Morgan fingerprint density at radius 2 is 2.09 bits per heavy atom. The van der Waals surface area contributed by atoms with Crippen LogP contribution in [-0.4, -0.2) is 58.1 Å². The number of esters is 1. The van der Waals surface area contributed by atoms with Gasteiger partial charge < -0.3 is 25.0 Å². The van der Waals surface area contributed by atoms with Gasteiger partial charge in [0.25, 0.3) is 0 Å². The molecule has 7 nitrogen and oxygen atoms in total. The van der Waals surface area contributed by atoms with Crippen LogP contribution in [-0.2, 0) is 19.1 Å². The molecule has 7 atom stereocenters. The van der Waals surface area contributed by atoms with Crippen molar-refractivity contribution in [2.45, 2.75) is 122 Å². The lowest BCUT2D eigenvalue weighted by Gasteiger charge is -2.21. The third-order valence-corrected chi connectivity index (χ3v) is 6.91. The largest absolute Gasteiger partial charge is 0.458 e. The highest BCUT2D eigenvalue weighted by Crippen LogP contribution is 2.37. The van der Waals surface area contributed by atoms with Crippen LogP contribution in [0.25, 0.3) is 0 Å². The van der Waals surface area contributed by atoms with Gasteiger partial charge in [-0.15, -0.1) is 0 Å². The average molecular weight is 492 g/mol. The standard InChI is InChI=1S/C28H45NO6/c1-6-24(31)20(3)27-25(35-27)18-28(5,33)17-11-12-19(2)23-15-10-14-22(34-21(4)30)13-8-7-9-16-26(32)29-23/h10-12,14,17,20,22-25,27,31,33H,6-9,13,15-16,18H2,1-5H3,(H,29,32)/b14-10+,17-11+,19-12+. The SMILES string of the molecule is CCC(O)C(C)C1OC1CC(C)(O)/C=C/C=C(\C)C1C/C=C/C(OC(C)=O)CCCCCC(=O)N1. The Kier molecular flexibility index (Phi) is 11.7. The highest BCUT2D eigenvalue weighted by atomic mass is 16.6. The van der Waals surface area contributed by atoms with Crippen LogP contribution in [0.5, 0.6) is 0 Å². The van der Waals surface area contributed by atoms with Crippen molar-refractivity contribution in [2.75, 3.05) is 0 Å². The van der Waals surface area contributed by atoms with Gasteiger partial charge in [-0.1, -0.05) is 50.1 Å². The van der Waals surface area contributed by atoms with Crippen LogP contribution in [0, 0.1) is 5.92 Å². The van der Waals surface area contributed by atoms with Crippen molar-refractivity contribution in [3.63, 3.8) is 0 Å². The molecule has 2 aliphatic heterocycles. The predicted molar refractivity (Wildman–Crippen MR) is 137 cm³/mol. The second-order valence-corrected chi connectivity index (χ2v) is 10.3. The van der Waals surface area contributed by atoms with Crippen LogP contribution in [0.3, 0.4) is 0 Å². The molecule has 198 valence electrons. The molecule has 3 N–H and O–H groups in total. The number of carbonyl (C=O) groups is 2. The number of aliphatic hydroxyl groups excluding tert-OH is 1. The van der Waals surface area contributed by atoms with E-state index in [1.165, 1.54) is 6.92 Å². The number of hydrogen-bond acceptors (Lipinski definition) is 6. The van der Waals surface area contributed by atoms with Crippen LogP contribution < -0.4 is 5.32 Å². The molecule has 0 aromatic carbocycles. The van der Waals surface area contributed by atoms with E-state index < -0.39 is 11.7 Å². The molecule has 0 bridgehead atoms. The molecular weight excluding hydrogens is 446 g/mol. The first-order valence-corrected chi connectivity index (χ1v) is 13.1. The smallest absolute Gasteiger partial charge is 0.303 e. The molecular formula is C28H45NO6. The van der Waals surface area contributed by atoms with Crippen molar-refractivity contribution in [1.29, 1.82) is 0 Å². The fraction of sp³-hybridized carbons (Fsp3) is 0.714. The normalized spacial score (nSPS) is 30.8. The molecule has 2 heterocycles. The summed E-state index contributed by atoms with van der Waals surface area (Å²) < 4.78 is 11.1. The Bertz CT molecular complexity index is 786. The van der Waals surface area contributed by atoms with Crippen molar-refractivity contribution in [3.05, 3.63) is 36.0 Å². The summed E-state index contributed by atoms with van der Waals surface area (Å²) in [6.45, 7) is 9.06. The van der Waals surface area contributed by atoms with E-state index in [9.17, 15) is 19.8 Å². The van der Waals surface area contributed by atoms with Crippen molar-refractivity contribution >= 4 is 11.9 Å². The topological polar surface area (TPSA) is 108 Å². The van der Waals surface area contributed by atoms with Gasteiger partial charge in [-0.05, 0) is 52.0 Å². The number of rotatable bonds is 9. The van der Waals surface area contributed by atoms with E-state index in [1.807, 2.05) is 45.1 Å². The summed E-state index contributed by atoms with van der Waals surface area (Å²) in [5.74, 6) is -0.210. The van der Waals surface area contributed by atoms with E-state index in [-0.39, 0.29) is 42.1 Å². The lowest BCUT2D eigenvalue weighted by molar-refractivity contribution is -0.144. The third kappa shape index (κ3) is 10.7. The maximum absolute atomic E-state index is 12.4. The van der Waals surface area contributed by atoms with Gasteiger partial charge in [-0.3, -0.25) is 9.59 Å². The average Bonchev–Trinajstić information content (AvgIpc) is 3.53. The number of hydrogen-bond donors (Lipinski definition) is 3. The summed E-state index contributed by atoms with van der Waals surface area (Å²) in [4.78, 5) is 23.8. The fourth-order valence-corrected chi connectivity index (χ4v) is 4.58. The Labute approximate surface area is 210 Å². The Balaban J connectivity index is 1.99. The molecule has 2 rings (SSSR count). The Morgan fingerprint density at radius 3 is 2.77 bits per heavy atom. The molecule has 0 spiro atoms. The van der Waals surface area contributed by atoms with Gasteiger partial charge in [0, 0.05) is 25.7 Å². The lowest BCUT2D eigenvalue weighted by Crippen LogP contribution is -2.35. The van der Waals surface area contributed by atoms with Gasteiger partial charge in [0.1, 0.15) is 6.10 Å². The maximum Gasteiger partial charge on any atom is 0.303 e. The number of ether oxygens (including phenoxy) is 2.